The molecule has 6 nitrogen and oxygen atoms in total. The molecular weight excluding hydrogens is 350 g/mol. The Kier molecular flexibility index (Phi) is 5.48. The number of anilines is 1. The topological polar surface area (TPSA) is 75.5 Å². The number of nitrogens with zero attached hydrogens (tertiary/aromatic N) is 2. The highest BCUT2D eigenvalue weighted by Gasteiger charge is 2.16. The molecule has 2 aromatic carbocycles. The third-order valence-electron chi connectivity index (χ3n) is 3.15. The van der Waals surface area contributed by atoms with Crippen LogP contribution in [0.4, 0.5) is 11.4 Å². The van der Waals surface area contributed by atoms with Gasteiger partial charge in [0.25, 0.3) is 11.6 Å². The minimum absolute atomic E-state index is 0.0682. The van der Waals surface area contributed by atoms with Crippen molar-refractivity contribution in [2.24, 2.45) is 0 Å². The molecule has 0 atom stereocenters. The molecule has 0 aliphatic rings. The number of aryl methyl sites for hydroxylation is 2. The monoisotopic (exact) mass is 363 g/mol. The summed E-state index contributed by atoms with van der Waals surface area (Å²) in [5, 5.41) is 13.3. The van der Waals surface area contributed by atoms with Crippen molar-refractivity contribution in [3.05, 3.63) is 69.3 Å². The van der Waals surface area contributed by atoms with Crippen molar-refractivity contribution in [2.45, 2.75) is 13.8 Å². The van der Waals surface area contributed by atoms with Crippen LogP contribution in [0.25, 0.3) is 0 Å². The number of amides is 1. The molecule has 0 aromatic heterocycles. The number of thiocarbonyl (C=S) groups is 1. The highest BCUT2D eigenvalue weighted by atomic mass is 35.5. The average molecular weight is 364 g/mol. The van der Waals surface area contributed by atoms with Gasteiger partial charge in [-0.3, -0.25) is 20.2 Å². The van der Waals surface area contributed by atoms with E-state index in [1.165, 1.54) is 18.2 Å². The Bertz CT molecular complexity index is 806. The molecule has 0 saturated heterocycles. The zero-order chi connectivity index (χ0) is 17.9. The number of nitro groups is 1. The van der Waals surface area contributed by atoms with Crippen molar-refractivity contribution in [3.8, 4) is 0 Å². The smallest absolute Gasteiger partial charge is 0.271 e. The third kappa shape index (κ3) is 4.27. The fourth-order valence-corrected chi connectivity index (χ4v) is 2.52. The molecule has 2 aromatic rings. The van der Waals surface area contributed by atoms with E-state index >= 15 is 0 Å². The predicted molar refractivity (Wildman–Crippen MR) is 97.4 cm³/mol. The largest absolute Gasteiger partial charge is 0.298 e. The van der Waals surface area contributed by atoms with Crippen LogP contribution in [0.5, 0.6) is 0 Å². The van der Waals surface area contributed by atoms with E-state index in [-0.39, 0.29) is 16.5 Å². The van der Waals surface area contributed by atoms with Crippen LogP contribution in [0, 0.1) is 24.0 Å². The average Bonchev–Trinajstić information content (AvgIpc) is 2.53. The molecular formula is C16H14ClN3O3S. The number of hydrogen-bond acceptors (Lipinski definition) is 4. The van der Waals surface area contributed by atoms with E-state index in [1.807, 2.05) is 19.9 Å². The number of non-ortho nitro benzene ring substituents is 1. The SMILES string of the molecule is Cc1cc(C)cc(C(=O)NC(=S)N(Cl)c2cccc([N+](=O)[O-])c2)c1. The number of nitrogens with one attached hydrogen (secondary N) is 1. The van der Waals surface area contributed by atoms with Gasteiger partial charge in [0.15, 0.2) is 5.11 Å². The number of carbonyl (C=O) groups excluding carboxylic acids is 1. The van der Waals surface area contributed by atoms with Crippen molar-refractivity contribution in [3.63, 3.8) is 0 Å². The summed E-state index contributed by atoms with van der Waals surface area (Å²) in [6, 6.07) is 11.1. The van der Waals surface area contributed by atoms with E-state index in [1.54, 1.807) is 18.2 Å². The van der Waals surface area contributed by atoms with E-state index in [0.717, 1.165) is 15.5 Å². The van der Waals surface area contributed by atoms with Gasteiger partial charge in [-0.2, -0.15) is 0 Å². The van der Waals surface area contributed by atoms with Crippen LogP contribution in [0.1, 0.15) is 21.5 Å². The van der Waals surface area contributed by atoms with Crippen LogP contribution in [0.15, 0.2) is 42.5 Å². The molecule has 8 heteroatoms. The van der Waals surface area contributed by atoms with Crippen LogP contribution < -0.4 is 9.74 Å². The first-order valence-corrected chi connectivity index (χ1v) is 7.66. The normalized spacial score (nSPS) is 10.1. The number of carbonyl (C=O) groups is 1. The van der Waals surface area contributed by atoms with Crippen LogP contribution in [0.2, 0.25) is 0 Å². The fraction of sp³-hybridized carbons (Fsp3) is 0.125. The van der Waals surface area contributed by atoms with Crippen molar-refractivity contribution in [1.29, 1.82) is 0 Å². The first kappa shape index (κ1) is 17.8. The minimum Gasteiger partial charge on any atom is -0.298 e. The Labute approximate surface area is 149 Å². The molecule has 0 saturated carbocycles. The lowest BCUT2D eigenvalue weighted by molar-refractivity contribution is -0.384. The lowest BCUT2D eigenvalue weighted by Gasteiger charge is -2.17. The zero-order valence-electron chi connectivity index (χ0n) is 12.9. The van der Waals surface area contributed by atoms with Crippen molar-refractivity contribution in [1.82, 2.24) is 5.32 Å². The second-order valence-electron chi connectivity index (χ2n) is 5.19. The van der Waals surface area contributed by atoms with Gasteiger partial charge >= 0.3 is 0 Å². The molecule has 0 aliphatic carbocycles. The number of halogens is 1. The van der Waals surface area contributed by atoms with Gasteiger partial charge in [0.1, 0.15) is 0 Å². The summed E-state index contributed by atoms with van der Waals surface area (Å²) in [7, 11) is 0. The van der Waals surface area contributed by atoms with E-state index in [2.05, 4.69) is 5.32 Å². The first-order valence-electron chi connectivity index (χ1n) is 6.92. The van der Waals surface area contributed by atoms with Gasteiger partial charge < -0.3 is 0 Å². The van der Waals surface area contributed by atoms with E-state index < -0.39 is 10.8 Å². The van der Waals surface area contributed by atoms with E-state index in [0.29, 0.717) is 5.56 Å². The number of rotatable bonds is 3. The van der Waals surface area contributed by atoms with Gasteiger partial charge in [-0.25, -0.2) is 4.42 Å². The molecule has 1 N–H and O–H groups in total. The Balaban J connectivity index is 2.15. The molecule has 0 spiro atoms. The van der Waals surface area contributed by atoms with Crippen LogP contribution >= 0.6 is 24.0 Å². The second kappa shape index (κ2) is 7.37. The Morgan fingerprint density at radius 2 is 1.83 bits per heavy atom. The quantitative estimate of drug-likeness (QED) is 0.387. The summed E-state index contributed by atoms with van der Waals surface area (Å²) in [6.45, 7) is 3.78. The predicted octanol–water partition coefficient (Wildman–Crippen LogP) is 3.89. The maximum Gasteiger partial charge on any atom is 0.271 e. The molecule has 2 rings (SSSR count). The molecule has 0 fully saturated rings. The highest BCUT2D eigenvalue weighted by Crippen LogP contribution is 2.22. The van der Waals surface area contributed by atoms with Crippen LogP contribution in [0.3, 0.4) is 0 Å². The molecule has 124 valence electrons. The van der Waals surface area contributed by atoms with Gasteiger partial charge in [0.05, 0.1) is 10.6 Å². The van der Waals surface area contributed by atoms with Gasteiger partial charge in [0, 0.05) is 29.5 Å². The fourth-order valence-electron chi connectivity index (χ4n) is 2.17. The molecule has 24 heavy (non-hydrogen) atoms. The maximum atomic E-state index is 12.3. The summed E-state index contributed by atoms with van der Waals surface area (Å²) in [6.07, 6.45) is 0. The van der Waals surface area contributed by atoms with Gasteiger partial charge in [-0.1, -0.05) is 23.3 Å². The summed E-state index contributed by atoms with van der Waals surface area (Å²) in [5.41, 5.74) is 2.53. The van der Waals surface area contributed by atoms with E-state index in [9.17, 15) is 14.9 Å². The summed E-state index contributed by atoms with van der Waals surface area (Å²) in [5.74, 6) is -0.400. The minimum atomic E-state index is -0.536. The first-order chi connectivity index (χ1) is 11.3. The van der Waals surface area contributed by atoms with Gasteiger partial charge in [-0.15, -0.1) is 0 Å². The highest BCUT2D eigenvalue weighted by molar-refractivity contribution is 7.80. The Hall–Kier alpha value is -2.51. The summed E-state index contributed by atoms with van der Waals surface area (Å²) >= 11 is 11.2. The second-order valence-corrected chi connectivity index (χ2v) is 5.92. The Morgan fingerprint density at radius 3 is 2.42 bits per heavy atom. The standard InChI is InChI=1S/C16H14ClN3O3S/c1-10-6-11(2)8-12(7-10)15(21)18-16(24)19(17)13-4-3-5-14(9-13)20(22)23/h3-9H,1-2H3,(H,18,21,24). The number of benzene rings is 2. The molecule has 1 amide bonds. The van der Waals surface area contributed by atoms with Crippen molar-refractivity contribution in [2.75, 3.05) is 4.42 Å². The molecule has 0 heterocycles. The van der Waals surface area contributed by atoms with Crippen LogP contribution in [-0.2, 0) is 0 Å². The molecule has 0 unspecified atom stereocenters. The van der Waals surface area contributed by atoms with Crippen LogP contribution in [-0.4, -0.2) is 15.9 Å². The van der Waals surface area contributed by atoms with Crippen molar-refractivity contribution >= 4 is 46.4 Å². The summed E-state index contributed by atoms with van der Waals surface area (Å²) in [4.78, 5) is 22.6. The number of nitro benzene ring substituents is 1. The third-order valence-corrected chi connectivity index (χ3v) is 3.90. The summed E-state index contributed by atoms with van der Waals surface area (Å²) < 4.78 is 0.989. The van der Waals surface area contributed by atoms with Crippen molar-refractivity contribution < 1.29 is 9.72 Å². The number of hydrogen-bond donors (Lipinski definition) is 1. The van der Waals surface area contributed by atoms with E-state index in [4.69, 9.17) is 24.0 Å². The maximum absolute atomic E-state index is 12.3. The molecule has 0 aliphatic heterocycles. The van der Waals surface area contributed by atoms with Gasteiger partial charge in [0.2, 0.25) is 0 Å². The lowest BCUT2D eigenvalue weighted by atomic mass is 10.1. The van der Waals surface area contributed by atoms with Gasteiger partial charge in [-0.05, 0) is 44.3 Å². The lowest BCUT2D eigenvalue weighted by Crippen LogP contribution is -2.38. The molecule has 0 radical (unpaired) electrons. The zero-order valence-corrected chi connectivity index (χ0v) is 14.5. The molecule has 0 bridgehead atoms. The Morgan fingerprint density at radius 1 is 1.21 bits per heavy atom.